The summed E-state index contributed by atoms with van der Waals surface area (Å²) in [7, 11) is 1.76. The number of rotatable bonds is 11. The number of carbonyl (C=O) groups excluding carboxylic acids is 4. The van der Waals surface area contributed by atoms with Crippen LogP contribution < -0.4 is 20.4 Å². The number of hydrogen-bond donors (Lipinski definition) is 3. The Morgan fingerprint density at radius 2 is 1.68 bits per heavy atom. The van der Waals surface area contributed by atoms with Crippen molar-refractivity contribution in [1.29, 1.82) is 0 Å². The highest BCUT2D eigenvalue weighted by Crippen LogP contribution is 2.31. The lowest BCUT2D eigenvalue weighted by Gasteiger charge is -2.36. The lowest BCUT2D eigenvalue weighted by atomic mass is 10.0. The molecule has 3 saturated heterocycles. The molecule has 0 saturated carbocycles. The maximum atomic E-state index is 13.3. The number of methoxy groups -OCH3 is 1. The Balaban J connectivity index is 0.793. The van der Waals surface area contributed by atoms with E-state index in [0.29, 0.717) is 36.6 Å². The number of aromatic nitrogens is 5. The van der Waals surface area contributed by atoms with E-state index in [2.05, 4.69) is 40.3 Å². The summed E-state index contributed by atoms with van der Waals surface area (Å²) < 4.78 is 11.5. The van der Waals surface area contributed by atoms with E-state index in [1.165, 1.54) is 0 Å². The maximum absolute atomic E-state index is 13.3. The predicted molar refractivity (Wildman–Crippen MR) is 193 cm³/mol. The van der Waals surface area contributed by atoms with Crippen LogP contribution in [0.3, 0.4) is 0 Å². The molecule has 8 rings (SSSR count). The number of benzene rings is 1. The van der Waals surface area contributed by atoms with Gasteiger partial charge in [-0.25, -0.2) is 15.0 Å². The number of fused-ring (bicyclic) bond motifs is 2. The van der Waals surface area contributed by atoms with E-state index >= 15 is 0 Å². The summed E-state index contributed by atoms with van der Waals surface area (Å²) in [6.07, 6.45) is 5.89. The van der Waals surface area contributed by atoms with Crippen LogP contribution in [-0.2, 0) is 25.7 Å². The van der Waals surface area contributed by atoms with Gasteiger partial charge in [-0.2, -0.15) is 4.98 Å². The van der Waals surface area contributed by atoms with Gasteiger partial charge in [0.05, 0.1) is 41.1 Å². The number of piperazine rings is 1. The standard InChI is InChI=1S/C36H41N11O6/c1-52-23-7-10-46(11-8-23)36-37-9-6-29(42-36)41-30-19-26-27(20-38-30)40-31(39-26)21-53-17-16-44-12-14-45(15-13-44)22-2-3-24-25(18-22)35(51)47(34(24)50)28-4-5-32(48)43-33(28)49/h2-3,6,9,18-20,23,28H,4-5,7-8,10-17,21H2,1H3,(H,39,40)(H,43,48,49)(H,37,38,41,42). The van der Waals surface area contributed by atoms with Crippen molar-refractivity contribution in [2.24, 2.45) is 0 Å². The summed E-state index contributed by atoms with van der Waals surface area (Å²) in [5.74, 6) is 0.681. The maximum Gasteiger partial charge on any atom is 0.262 e. The van der Waals surface area contributed by atoms with Crippen LogP contribution in [0.15, 0.2) is 42.7 Å². The molecule has 0 aliphatic carbocycles. The van der Waals surface area contributed by atoms with Crippen LogP contribution in [0.2, 0.25) is 0 Å². The lowest BCUT2D eigenvalue weighted by molar-refractivity contribution is -0.136. The van der Waals surface area contributed by atoms with E-state index in [1.807, 2.05) is 18.2 Å². The number of ether oxygens (including phenoxy) is 2. The van der Waals surface area contributed by atoms with Crippen LogP contribution in [0.4, 0.5) is 23.3 Å². The number of hydrogen-bond acceptors (Lipinski definition) is 14. The molecule has 4 aromatic rings. The van der Waals surface area contributed by atoms with E-state index in [0.717, 1.165) is 80.3 Å². The first kappa shape index (κ1) is 34.6. The number of pyridine rings is 1. The van der Waals surface area contributed by atoms with Gasteiger partial charge in [-0.05, 0) is 43.5 Å². The second kappa shape index (κ2) is 14.8. The number of anilines is 4. The van der Waals surface area contributed by atoms with E-state index < -0.39 is 29.7 Å². The summed E-state index contributed by atoms with van der Waals surface area (Å²) in [6, 6.07) is 7.96. The lowest BCUT2D eigenvalue weighted by Crippen LogP contribution is -2.54. The van der Waals surface area contributed by atoms with Gasteiger partial charge >= 0.3 is 0 Å². The number of imide groups is 2. The smallest absolute Gasteiger partial charge is 0.262 e. The van der Waals surface area contributed by atoms with Gasteiger partial charge < -0.3 is 29.6 Å². The Morgan fingerprint density at radius 3 is 2.47 bits per heavy atom. The van der Waals surface area contributed by atoms with Gasteiger partial charge in [0.25, 0.3) is 11.8 Å². The number of nitrogens with zero attached hydrogens (tertiary/aromatic N) is 8. The number of carbonyl (C=O) groups is 4. The van der Waals surface area contributed by atoms with E-state index in [-0.39, 0.29) is 30.1 Å². The first-order valence-corrected chi connectivity index (χ1v) is 18.0. The molecule has 0 spiro atoms. The minimum absolute atomic E-state index is 0.0875. The highest BCUT2D eigenvalue weighted by molar-refractivity contribution is 6.23. The summed E-state index contributed by atoms with van der Waals surface area (Å²) in [5.41, 5.74) is 3.01. The van der Waals surface area contributed by atoms with Crippen LogP contribution in [0.5, 0.6) is 0 Å². The molecular formula is C36H41N11O6. The second-order valence-corrected chi connectivity index (χ2v) is 13.6. The summed E-state index contributed by atoms with van der Waals surface area (Å²) in [4.78, 5) is 79.6. The van der Waals surface area contributed by atoms with Gasteiger partial charge in [0.2, 0.25) is 17.8 Å². The van der Waals surface area contributed by atoms with Crippen molar-refractivity contribution >= 4 is 57.9 Å². The zero-order valence-electron chi connectivity index (χ0n) is 29.4. The normalized spacial score (nSPS) is 20.0. The first-order valence-electron chi connectivity index (χ1n) is 18.0. The SMILES string of the molecule is COC1CCN(c2nccc(Nc3cc4nc(COCCN5CCN(c6ccc7c(c6)C(=O)N(C6CCC(=O)NC6=O)C7=O)CC5)[nH]c4cn3)n2)CC1. The minimum atomic E-state index is -0.978. The Morgan fingerprint density at radius 1 is 0.868 bits per heavy atom. The molecular weight excluding hydrogens is 682 g/mol. The number of nitrogens with one attached hydrogen (secondary N) is 3. The predicted octanol–water partition coefficient (Wildman–Crippen LogP) is 1.85. The van der Waals surface area contributed by atoms with Crippen LogP contribution in [0, 0.1) is 0 Å². The van der Waals surface area contributed by atoms with Crippen LogP contribution in [0.25, 0.3) is 11.0 Å². The van der Waals surface area contributed by atoms with Crippen molar-refractivity contribution in [2.75, 3.05) is 74.6 Å². The molecule has 3 aromatic heterocycles. The molecule has 4 aliphatic rings. The van der Waals surface area contributed by atoms with Gasteiger partial charge in [-0.1, -0.05) is 0 Å². The quantitative estimate of drug-likeness (QED) is 0.150. The Labute approximate surface area is 305 Å². The number of H-pyrrole nitrogens is 1. The number of amides is 4. The minimum Gasteiger partial charge on any atom is -0.381 e. The molecule has 4 aliphatic heterocycles. The molecule has 3 fully saturated rings. The molecule has 1 aromatic carbocycles. The van der Waals surface area contributed by atoms with Crippen molar-refractivity contribution < 1.29 is 28.7 Å². The van der Waals surface area contributed by atoms with Gasteiger partial charge in [-0.3, -0.25) is 34.3 Å². The molecule has 17 nitrogen and oxygen atoms in total. The van der Waals surface area contributed by atoms with Crippen molar-refractivity contribution in [1.82, 2.24) is 40.0 Å². The van der Waals surface area contributed by atoms with Gasteiger partial charge in [0.15, 0.2) is 0 Å². The first-order chi connectivity index (χ1) is 25.8. The third-order valence-corrected chi connectivity index (χ3v) is 10.3. The van der Waals surface area contributed by atoms with E-state index in [4.69, 9.17) is 19.4 Å². The summed E-state index contributed by atoms with van der Waals surface area (Å²) in [6.45, 7) is 6.43. The average Bonchev–Trinajstić information content (AvgIpc) is 3.70. The molecule has 1 unspecified atom stereocenters. The Hall–Kier alpha value is -5.52. The molecule has 17 heteroatoms. The summed E-state index contributed by atoms with van der Waals surface area (Å²) >= 11 is 0. The molecule has 276 valence electrons. The highest BCUT2D eigenvalue weighted by Gasteiger charge is 2.44. The second-order valence-electron chi connectivity index (χ2n) is 13.6. The topological polar surface area (TPSA) is 191 Å². The highest BCUT2D eigenvalue weighted by atomic mass is 16.5. The van der Waals surface area contributed by atoms with E-state index in [1.54, 1.807) is 31.6 Å². The molecule has 7 heterocycles. The van der Waals surface area contributed by atoms with Gasteiger partial charge in [-0.15, -0.1) is 0 Å². The van der Waals surface area contributed by atoms with Crippen molar-refractivity contribution in [3.63, 3.8) is 0 Å². The number of imidazole rings is 1. The zero-order chi connectivity index (χ0) is 36.5. The van der Waals surface area contributed by atoms with Gasteiger partial charge in [0, 0.05) is 77.3 Å². The zero-order valence-corrected chi connectivity index (χ0v) is 29.4. The van der Waals surface area contributed by atoms with E-state index in [9.17, 15) is 19.2 Å². The van der Waals surface area contributed by atoms with Crippen LogP contribution >= 0.6 is 0 Å². The Bertz CT molecular complexity index is 2040. The van der Waals surface area contributed by atoms with Crippen molar-refractivity contribution in [3.8, 4) is 0 Å². The fraction of sp³-hybridized carbons (Fsp3) is 0.444. The monoisotopic (exact) mass is 723 g/mol. The number of piperidine rings is 2. The third kappa shape index (κ3) is 7.27. The molecule has 1 atom stereocenters. The third-order valence-electron chi connectivity index (χ3n) is 10.3. The number of aromatic amines is 1. The summed E-state index contributed by atoms with van der Waals surface area (Å²) in [5, 5.41) is 5.51. The fourth-order valence-corrected chi connectivity index (χ4v) is 7.34. The fourth-order valence-electron chi connectivity index (χ4n) is 7.34. The van der Waals surface area contributed by atoms with Crippen LogP contribution in [0.1, 0.15) is 52.2 Å². The molecule has 4 amide bonds. The largest absolute Gasteiger partial charge is 0.381 e. The molecule has 0 radical (unpaired) electrons. The Kier molecular flexibility index (Phi) is 9.68. The van der Waals surface area contributed by atoms with Crippen LogP contribution in [-0.4, -0.2) is 130 Å². The molecule has 3 N–H and O–H groups in total. The van der Waals surface area contributed by atoms with Crippen molar-refractivity contribution in [2.45, 2.75) is 44.4 Å². The molecule has 0 bridgehead atoms. The average molecular weight is 724 g/mol. The van der Waals surface area contributed by atoms with Crippen molar-refractivity contribution in [3.05, 3.63) is 59.7 Å². The van der Waals surface area contributed by atoms with Gasteiger partial charge in [0.1, 0.15) is 30.1 Å². The molecule has 53 heavy (non-hydrogen) atoms.